The van der Waals surface area contributed by atoms with E-state index in [0.717, 1.165) is 10.0 Å². The summed E-state index contributed by atoms with van der Waals surface area (Å²) in [6.45, 7) is 0.196. The molecule has 2 N–H and O–H groups in total. The van der Waals surface area contributed by atoms with E-state index < -0.39 is 12.2 Å². The van der Waals surface area contributed by atoms with E-state index in [1.54, 1.807) is 0 Å². The summed E-state index contributed by atoms with van der Waals surface area (Å²) in [5.41, 5.74) is 1.03. The van der Waals surface area contributed by atoms with Crippen LogP contribution in [0.2, 0.25) is 0 Å². The predicted molar refractivity (Wildman–Crippen MR) is 59.5 cm³/mol. The SMILES string of the molecule is O[C@@H]1C[C@H](c2ccc(Br)cc2)OC[C@@H]1O. The highest BCUT2D eigenvalue weighted by Gasteiger charge is 2.28. The van der Waals surface area contributed by atoms with Crippen LogP contribution in [0.25, 0.3) is 0 Å². The molecule has 1 saturated heterocycles. The first-order valence-corrected chi connectivity index (χ1v) is 5.69. The molecule has 0 unspecified atom stereocenters. The average molecular weight is 273 g/mol. The van der Waals surface area contributed by atoms with Crippen molar-refractivity contribution in [2.45, 2.75) is 24.7 Å². The minimum absolute atomic E-state index is 0.114. The van der Waals surface area contributed by atoms with Gasteiger partial charge in [-0.3, -0.25) is 0 Å². The second kappa shape index (κ2) is 4.61. The number of aliphatic hydroxyl groups is 2. The monoisotopic (exact) mass is 272 g/mol. The molecule has 1 aromatic rings. The van der Waals surface area contributed by atoms with Crippen LogP contribution in [0, 0.1) is 0 Å². The first kappa shape index (κ1) is 11.1. The van der Waals surface area contributed by atoms with Gasteiger partial charge in [0.15, 0.2) is 0 Å². The van der Waals surface area contributed by atoms with Crippen molar-refractivity contribution in [1.82, 2.24) is 0 Å². The molecular formula is C11H13BrO3. The average Bonchev–Trinajstić information content (AvgIpc) is 2.23. The van der Waals surface area contributed by atoms with Gasteiger partial charge in [-0.25, -0.2) is 0 Å². The van der Waals surface area contributed by atoms with Crippen LogP contribution >= 0.6 is 15.9 Å². The van der Waals surface area contributed by atoms with Crippen LogP contribution in [0.15, 0.2) is 28.7 Å². The van der Waals surface area contributed by atoms with Gasteiger partial charge in [0.2, 0.25) is 0 Å². The van der Waals surface area contributed by atoms with Crippen molar-refractivity contribution in [3.63, 3.8) is 0 Å². The summed E-state index contributed by atoms with van der Waals surface area (Å²) in [7, 11) is 0. The Bertz CT molecular complexity index is 325. The molecular weight excluding hydrogens is 260 g/mol. The van der Waals surface area contributed by atoms with Crippen LogP contribution in [0.3, 0.4) is 0 Å². The number of aliphatic hydroxyl groups excluding tert-OH is 2. The number of hydrogen-bond donors (Lipinski definition) is 2. The quantitative estimate of drug-likeness (QED) is 0.817. The summed E-state index contributed by atoms with van der Waals surface area (Å²) < 4.78 is 6.48. The van der Waals surface area contributed by atoms with E-state index in [1.165, 1.54) is 0 Å². The number of ether oxygens (including phenoxy) is 1. The first-order valence-electron chi connectivity index (χ1n) is 4.90. The largest absolute Gasteiger partial charge is 0.390 e. The Morgan fingerprint density at radius 1 is 1.13 bits per heavy atom. The second-order valence-electron chi connectivity index (χ2n) is 3.74. The zero-order chi connectivity index (χ0) is 10.8. The van der Waals surface area contributed by atoms with Gasteiger partial charge < -0.3 is 14.9 Å². The highest BCUT2D eigenvalue weighted by atomic mass is 79.9. The molecule has 1 aliphatic heterocycles. The fourth-order valence-corrected chi connectivity index (χ4v) is 1.94. The Hall–Kier alpha value is -0.420. The van der Waals surface area contributed by atoms with Crippen LogP contribution in [0.5, 0.6) is 0 Å². The van der Waals surface area contributed by atoms with Crippen LogP contribution in [-0.4, -0.2) is 29.0 Å². The van der Waals surface area contributed by atoms with Gasteiger partial charge in [-0.1, -0.05) is 28.1 Å². The lowest BCUT2D eigenvalue weighted by atomic mass is 9.98. The van der Waals surface area contributed by atoms with Gasteiger partial charge >= 0.3 is 0 Å². The Morgan fingerprint density at radius 2 is 1.80 bits per heavy atom. The van der Waals surface area contributed by atoms with E-state index in [1.807, 2.05) is 24.3 Å². The van der Waals surface area contributed by atoms with Gasteiger partial charge in [0.1, 0.15) is 6.10 Å². The van der Waals surface area contributed by atoms with Gasteiger partial charge in [-0.2, -0.15) is 0 Å². The van der Waals surface area contributed by atoms with Crippen molar-refractivity contribution in [2.75, 3.05) is 6.61 Å². The minimum Gasteiger partial charge on any atom is -0.390 e. The molecule has 0 aliphatic carbocycles. The molecule has 15 heavy (non-hydrogen) atoms. The van der Waals surface area contributed by atoms with E-state index in [4.69, 9.17) is 4.74 Å². The molecule has 0 saturated carbocycles. The first-order chi connectivity index (χ1) is 7.16. The van der Waals surface area contributed by atoms with Gasteiger partial charge in [0, 0.05) is 10.9 Å². The number of benzene rings is 1. The van der Waals surface area contributed by atoms with Crippen LogP contribution in [0.4, 0.5) is 0 Å². The van der Waals surface area contributed by atoms with Crippen molar-refractivity contribution in [3.8, 4) is 0 Å². The maximum atomic E-state index is 9.52. The Balaban J connectivity index is 2.08. The Morgan fingerprint density at radius 3 is 2.40 bits per heavy atom. The molecule has 0 bridgehead atoms. The van der Waals surface area contributed by atoms with E-state index in [0.29, 0.717) is 6.42 Å². The molecule has 3 atom stereocenters. The normalized spacial score (nSPS) is 31.5. The Kier molecular flexibility index (Phi) is 3.41. The van der Waals surface area contributed by atoms with Crippen molar-refractivity contribution < 1.29 is 14.9 Å². The molecule has 4 heteroatoms. The van der Waals surface area contributed by atoms with Gasteiger partial charge in [-0.15, -0.1) is 0 Å². The molecule has 1 aliphatic rings. The summed E-state index contributed by atoms with van der Waals surface area (Å²) in [4.78, 5) is 0. The van der Waals surface area contributed by atoms with Crippen molar-refractivity contribution in [3.05, 3.63) is 34.3 Å². The molecule has 0 amide bonds. The summed E-state index contributed by atoms with van der Waals surface area (Å²) in [5, 5.41) is 18.8. The molecule has 3 nitrogen and oxygen atoms in total. The van der Waals surface area contributed by atoms with Crippen LogP contribution in [-0.2, 0) is 4.74 Å². The fourth-order valence-electron chi connectivity index (χ4n) is 1.68. The molecule has 82 valence electrons. The molecule has 1 fully saturated rings. The number of halogens is 1. The third-order valence-corrected chi connectivity index (χ3v) is 3.14. The van der Waals surface area contributed by atoms with E-state index in [2.05, 4.69) is 15.9 Å². The van der Waals surface area contributed by atoms with Gasteiger partial charge in [0.25, 0.3) is 0 Å². The number of hydrogen-bond acceptors (Lipinski definition) is 3. The zero-order valence-corrected chi connectivity index (χ0v) is 9.72. The zero-order valence-electron chi connectivity index (χ0n) is 8.14. The topological polar surface area (TPSA) is 49.7 Å². The maximum Gasteiger partial charge on any atom is 0.103 e. The lowest BCUT2D eigenvalue weighted by Gasteiger charge is -2.30. The highest BCUT2D eigenvalue weighted by Crippen LogP contribution is 2.28. The third-order valence-electron chi connectivity index (χ3n) is 2.61. The Labute approximate surface area is 96.8 Å². The fraction of sp³-hybridized carbons (Fsp3) is 0.455. The van der Waals surface area contributed by atoms with Crippen molar-refractivity contribution >= 4 is 15.9 Å². The smallest absolute Gasteiger partial charge is 0.103 e. The summed E-state index contributed by atoms with van der Waals surface area (Å²) in [5.74, 6) is 0. The van der Waals surface area contributed by atoms with Gasteiger partial charge in [-0.05, 0) is 17.7 Å². The predicted octanol–water partition coefficient (Wildman–Crippen LogP) is 1.63. The second-order valence-corrected chi connectivity index (χ2v) is 4.66. The molecule has 0 spiro atoms. The van der Waals surface area contributed by atoms with Crippen molar-refractivity contribution in [1.29, 1.82) is 0 Å². The molecule has 2 rings (SSSR count). The highest BCUT2D eigenvalue weighted by molar-refractivity contribution is 9.10. The third kappa shape index (κ3) is 2.58. The van der Waals surface area contributed by atoms with E-state index in [-0.39, 0.29) is 12.7 Å². The standard InChI is InChI=1S/C11H13BrO3/c12-8-3-1-7(2-4-8)11-5-9(13)10(14)6-15-11/h1-4,9-11,13-14H,5-6H2/t9-,10+,11-/m1/s1. The van der Waals surface area contributed by atoms with E-state index in [9.17, 15) is 10.2 Å². The molecule has 0 aromatic heterocycles. The van der Waals surface area contributed by atoms with Crippen molar-refractivity contribution in [2.24, 2.45) is 0 Å². The van der Waals surface area contributed by atoms with E-state index >= 15 is 0 Å². The van der Waals surface area contributed by atoms with Crippen LogP contribution in [0.1, 0.15) is 18.1 Å². The minimum atomic E-state index is -0.753. The summed E-state index contributed by atoms with van der Waals surface area (Å²) in [6, 6.07) is 7.80. The van der Waals surface area contributed by atoms with Gasteiger partial charge in [0.05, 0.1) is 18.8 Å². The number of rotatable bonds is 1. The summed E-state index contributed by atoms with van der Waals surface area (Å²) >= 11 is 3.36. The van der Waals surface area contributed by atoms with Crippen LogP contribution < -0.4 is 0 Å². The molecule has 1 heterocycles. The lowest BCUT2D eigenvalue weighted by Crippen LogP contribution is -2.37. The maximum absolute atomic E-state index is 9.52. The lowest BCUT2D eigenvalue weighted by molar-refractivity contribution is -0.122. The summed E-state index contributed by atoms with van der Waals surface area (Å²) in [6.07, 6.45) is -1.11. The molecule has 1 aromatic carbocycles. The molecule has 0 radical (unpaired) electrons.